The first-order valence-electron chi connectivity index (χ1n) is 16.0. The lowest BCUT2D eigenvalue weighted by atomic mass is 9.93. The number of carbonyl (C=O) groups excluding carboxylic acids is 2. The number of sulfonamides is 1. The third kappa shape index (κ3) is 9.27. The molecule has 4 aromatic rings. The van der Waals surface area contributed by atoms with Crippen LogP contribution >= 0.6 is 0 Å². The summed E-state index contributed by atoms with van der Waals surface area (Å²) in [5, 5.41) is 15.3. The molecule has 0 bridgehead atoms. The molecule has 4 aromatic carbocycles. The number of nitrogens with zero attached hydrogens (tertiary/aromatic N) is 1. The van der Waals surface area contributed by atoms with Crippen LogP contribution in [0.15, 0.2) is 120 Å². The average Bonchev–Trinajstić information content (AvgIpc) is 3.14. The highest BCUT2D eigenvalue weighted by Gasteiger charge is 2.30. The zero-order valence-electron chi connectivity index (χ0n) is 27.5. The Balaban J connectivity index is 1.21. The summed E-state index contributed by atoms with van der Waals surface area (Å²) in [5.74, 6) is -0.378. The summed E-state index contributed by atoms with van der Waals surface area (Å²) in [4.78, 5) is 26.1. The second kappa shape index (κ2) is 16.9. The molecule has 1 aliphatic heterocycles. The van der Waals surface area contributed by atoms with Gasteiger partial charge in [-0.15, -0.1) is 0 Å². The Labute approximate surface area is 291 Å². The van der Waals surface area contributed by atoms with Gasteiger partial charge in [0, 0.05) is 37.5 Å². The zero-order chi connectivity index (χ0) is 35.5. The molecular weight excluding hydrogens is 660 g/mol. The zero-order valence-corrected chi connectivity index (χ0v) is 28.3. The van der Waals surface area contributed by atoms with Crippen molar-refractivity contribution in [2.45, 2.75) is 30.1 Å². The monoisotopic (exact) mass is 700 g/mol. The molecule has 0 saturated carbocycles. The van der Waals surface area contributed by atoms with Crippen LogP contribution < -0.4 is 21.1 Å². The van der Waals surface area contributed by atoms with Crippen LogP contribution in [0, 0.1) is 0 Å². The first kappa shape index (κ1) is 36.1. The molecule has 1 heterocycles. The lowest BCUT2D eigenvalue weighted by Crippen LogP contribution is -2.38. The molecule has 12 nitrogen and oxygen atoms in total. The number of amides is 2. The first-order chi connectivity index (χ1) is 24.2. The standard InChI is InChI=1S/C37H40N4O8S/c1-47-30-15-17-31(18-16-30)50(45,46)41(19-21-42)20-22-48-35-24-29(27-7-3-2-4-8-27)23-34(49-35)37(44)39-25-26-11-13-28(14-12-26)36(43)40-33-10-6-5-9-32(33)38/h2-18,23,29,35,42H,19-22,24-25,38H2,1H3,(H,39,44)(H,40,43)/t29-,35+/m1/s1. The van der Waals surface area contributed by atoms with Gasteiger partial charge in [-0.2, -0.15) is 4.31 Å². The Morgan fingerprint density at radius 1 is 0.920 bits per heavy atom. The number of hydrogen-bond donors (Lipinski definition) is 4. The highest BCUT2D eigenvalue weighted by molar-refractivity contribution is 7.89. The number of hydrogen-bond acceptors (Lipinski definition) is 9. The van der Waals surface area contributed by atoms with E-state index in [4.69, 9.17) is 19.9 Å². The van der Waals surface area contributed by atoms with Crippen molar-refractivity contribution in [1.82, 2.24) is 9.62 Å². The number of nitrogens with one attached hydrogen (secondary N) is 2. The second-order valence-corrected chi connectivity index (χ2v) is 13.4. The van der Waals surface area contributed by atoms with E-state index in [0.717, 1.165) is 15.4 Å². The van der Waals surface area contributed by atoms with Gasteiger partial charge in [-0.1, -0.05) is 54.6 Å². The molecular formula is C37H40N4O8S. The number of nitrogen functional groups attached to an aromatic ring is 1. The molecule has 0 aromatic heterocycles. The smallest absolute Gasteiger partial charge is 0.286 e. The van der Waals surface area contributed by atoms with Crippen LogP contribution in [-0.4, -0.2) is 69.3 Å². The fourth-order valence-corrected chi connectivity index (χ4v) is 6.76. The molecule has 0 fully saturated rings. The Hall–Kier alpha value is -5.21. The maximum atomic E-state index is 13.3. The van der Waals surface area contributed by atoms with E-state index in [0.29, 0.717) is 29.1 Å². The molecule has 5 N–H and O–H groups in total. The molecule has 50 heavy (non-hydrogen) atoms. The van der Waals surface area contributed by atoms with E-state index in [2.05, 4.69) is 10.6 Å². The minimum Gasteiger partial charge on any atom is -0.497 e. The molecule has 0 unspecified atom stereocenters. The molecule has 2 atom stereocenters. The Kier molecular flexibility index (Phi) is 12.2. The maximum Gasteiger partial charge on any atom is 0.286 e. The predicted octanol–water partition coefficient (Wildman–Crippen LogP) is 4.26. The fraction of sp³-hybridized carbons (Fsp3) is 0.243. The van der Waals surface area contributed by atoms with E-state index < -0.39 is 22.2 Å². The van der Waals surface area contributed by atoms with E-state index in [1.54, 1.807) is 66.7 Å². The van der Waals surface area contributed by atoms with Crippen molar-refractivity contribution in [3.05, 3.63) is 132 Å². The van der Waals surface area contributed by atoms with Gasteiger partial charge < -0.3 is 35.7 Å². The molecule has 0 spiro atoms. The van der Waals surface area contributed by atoms with Crippen LogP contribution in [-0.2, 0) is 30.8 Å². The maximum absolute atomic E-state index is 13.3. The summed E-state index contributed by atoms with van der Waals surface area (Å²) in [6, 6.07) is 29.4. The highest BCUT2D eigenvalue weighted by Crippen LogP contribution is 2.31. The van der Waals surface area contributed by atoms with Gasteiger partial charge in [-0.3, -0.25) is 9.59 Å². The number of anilines is 2. The normalized spacial score (nSPS) is 15.9. The number of methoxy groups -OCH3 is 1. The van der Waals surface area contributed by atoms with Crippen LogP contribution in [0.5, 0.6) is 5.75 Å². The molecule has 1 aliphatic rings. The minimum absolute atomic E-state index is 0.0484. The number of allylic oxidation sites excluding steroid dienone is 1. The summed E-state index contributed by atoms with van der Waals surface area (Å²) in [6.07, 6.45) is 1.30. The van der Waals surface area contributed by atoms with Crippen LogP contribution in [0.25, 0.3) is 0 Å². The predicted molar refractivity (Wildman–Crippen MR) is 189 cm³/mol. The summed E-state index contributed by atoms with van der Waals surface area (Å²) < 4.78 is 44.9. The Bertz CT molecular complexity index is 1890. The van der Waals surface area contributed by atoms with Crippen molar-refractivity contribution in [3.8, 4) is 5.75 Å². The lowest BCUT2D eigenvalue weighted by molar-refractivity contribution is -0.146. The van der Waals surface area contributed by atoms with Gasteiger partial charge in [0.05, 0.1) is 36.6 Å². The third-order valence-corrected chi connectivity index (χ3v) is 9.99. The number of aliphatic hydroxyl groups is 1. The summed E-state index contributed by atoms with van der Waals surface area (Å²) in [5.41, 5.74) is 9.07. The lowest BCUT2D eigenvalue weighted by Gasteiger charge is -2.30. The van der Waals surface area contributed by atoms with Crippen molar-refractivity contribution in [1.29, 1.82) is 0 Å². The van der Waals surface area contributed by atoms with E-state index >= 15 is 0 Å². The minimum atomic E-state index is -3.93. The number of ether oxygens (including phenoxy) is 3. The topological polar surface area (TPSA) is 170 Å². The summed E-state index contributed by atoms with van der Waals surface area (Å²) in [6.45, 7) is -0.433. The number of carbonyl (C=O) groups is 2. The van der Waals surface area contributed by atoms with E-state index in [-0.39, 0.29) is 55.3 Å². The largest absolute Gasteiger partial charge is 0.497 e. The highest BCUT2D eigenvalue weighted by atomic mass is 32.2. The van der Waals surface area contributed by atoms with Crippen LogP contribution in [0.4, 0.5) is 11.4 Å². The number of benzene rings is 4. The van der Waals surface area contributed by atoms with E-state index in [1.165, 1.54) is 19.2 Å². The van der Waals surface area contributed by atoms with Gasteiger partial charge in [0.2, 0.25) is 16.3 Å². The molecule has 13 heteroatoms. The van der Waals surface area contributed by atoms with Gasteiger partial charge >= 0.3 is 0 Å². The van der Waals surface area contributed by atoms with Crippen molar-refractivity contribution < 1.29 is 37.3 Å². The Morgan fingerprint density at radius 2 is 1.62 bits per heavy atom. The third-order valence-electron chi connectivity index (χ3n) is 8.08. The molecule has 5 rings (SSSR count). The van der Waals surface area contributed by atoms with E-state index in [9.17, 15) is 23.1 Å². The fourth-order valence-electron chi connectivity index (χ4n) is 5.35. The quantitative estimate of drug-likeness (QED) is 0.132. The molecule has 0 aliphatic carbocycles. The summed E-state index contributed by atoms with van der Waals surface area (Å²) in [7, 11) is -2.44. The van der Waals surface area contributed by atoms with Gasteiger partial charge in [0.1, 0.15) is 5.75 Å². The second-order valence-electron chi connectivity index (χ2n) is 11.4. The average molecular weight is 701 g/mol. The molecule has 0 saturated heterocycles. The van der Waals surface area contributed by atoms with Crippen molar-refractivity contribution in [3.63, 3.8) is 0 Å². The van der Waals surface area contributed by atoms with Crippen molar-refractivity contribution in [2.24, 2.45) is 0 Å². The van der Waals surface area contributed by atoms with Crippen LogP contribution in [0.3, 0.4) is 0 Å². The van der Waals surface area contributed by atoms with Gasteiger partial charge in [-0.05, 0) is 65.7 Å². The number of para-hydroxylation sites is 2. The first-order valence-corrected chi connectivity index (χ1v) is 17.4. The van der Waals surface area contributed by atoms with Crippen LogP contribution in [0.1, 0.15) is 33.8 Å². The number of nitrogens with two attached hydrogens (primary N) is 1. The molecule has 2 amide bonds. The number of aliphatic hydroxyl groups excluding tert-OH is 1. The SMILES string of the molecule is COc1ccc(S(=O)(=O)N(CCO)CCO[C@@H]2C[C@H](c3ccccc3)C=C(C(=O)NCc3ccc(C(=O)Nc4ccccc4N)cc3)O2)cc1. The van der Waals surface area contributed by atoms with Crippen molar-refractivity contribution >= 4 is 33.2 Å². The molecule has 262 valence electrons. The van der Waals surface area contributed by atoms with Crippen molar-refractivity contribution in [2.75, 3.05) is 44.5 Å². The van der Waals surface area contributed by atoms with E-state index in [1.807, 2.05) is 30.3 Å². The number of rotatable bonds is 15. The molecule has 0 radical (unpaired) electrons. The van der Waals surface area contributed by atoms with Gasteiger partial charge in [0.25, 0.3) is 11.8 Å². The summed E-state index contributed by atoms with van der Waals surface area (Å²) >= 11 is 0. The van der Waals surface area contributed by atoms with Crippen LogP contribution in [0.2, 0.25) is 0 Å². The van der Waals surface area contributed by atoms with Gasteiger partial charge in [0.15, 0.2) is 5.76 Å². The van der Waals surface area contributed by atoms with Gasteiger partial charge in [-0.25, -0.2) is 8.42 Å². The Morgan fingerprint density at radius 3 is 2.30 bits per heavy atom.